The van der Waals surface area contributed by atoms with Crippen molar-refractivity contribution in [2.75, 3.05) is 11.9 Å². The molecule has 2 amide bonds. The number of para-hydroxylation sites is 2. The van der Waals surface area contributed by atoms with E-state index in [1.54, 1.807) is 66.7 Å². The van der Waals surface area contributed by atoms with Crippen LogP contribution in [0.2, 0.25) is 0 Å². The average molecular weight is 571 g/mol. The summed E-state index contributed by atoms with van der Waals surface area (Å²) in [6, 6.07) is 22.6. The summed E-state index contributed by atoms with van der Waals surface area (Å²) in [7, 11) is 0. The lowest BCUT2D eigenvalue weighted by Crippen LogP contribution is -2.28. The number of amidine groups is 1. The normalized spacial score (nSPS) is 15.2. The van der Waals surface area contributed by atoms with Gasteiger partial charge in [-0.3, -0.25) is 14.5 Å². The van der Waals surface area contributed by atoms with E-state index < -0.39 is 11.7 Å². The molecule has 1 saturated heterocycles. The van der Waals surface area contributed by atoms with Crippen molar-refractivity contribution in [1.82, 2.24) is 4.90 Å². The molecule has 0 radical (unpaired) electrons. The number of phenols is 1. The molecule has 41 heavy (non-hydrogen) atoms. The number of nitrogens with one attached hydrogen (secondary N) is 1. The minimum atomic E-state index is -0.424. The van der Waals surface area contributed by atoms with Crippen LogP contribution in [0.15, 0.2) is 111 Å². The Hall–Kier alpha value is -5.16. The average Bonchev–Trinajstić information content (AvgIpc) is 3.59. The number of aromatic hydroxyl groups is 1. The summed E-state index contributed by atoms with van der Waals surface area (Å²) in [5.41, 5.74) is 1.50. The molecule has 3 aromatic carbocycles. The number of amides is 2. The highest BCUT2D eigenvalue weighted by Crippen LogP contribution is 2.35. The Balaban J connectivity index is 1.34. The number of rotatable bonds is 9. The minimum absolute atomic E-state index is 0.0579. The summed E-state index contributed by atoms with van der Waals surface area (Å²) in [4.78, 5) is 27.6. The molecule has 0 atom stereocenters. The molecular weight excluding hydrogens is 547 g/mol. The Morgan fingerprint density at radius 2 is 1.78 bits per heavy atom. The highest BCUT2D eigenvalue weighted by molar-refractivity contribution is 8.18. The van der Waals surface area contributed by atoms with Crippen molar-refractivity contribution in [3.05, 3.63) is 119 Å². The van der Waals surface area contributed by atoms with Crippen LogP contribution in [-0.4, -0.2) is 39.8 Å². The van der Waals surface area contributed by atoms with Crippen molar-refractivity contribution in [3.8, 4) is 11.5 Å². The van der Waals surface area contributed by atoms with Gasteiger partial charge >= 0.3 is 0 Å². The Morgan fingerprint density at radius 3 is 2.54 bits per heavy atom. The van der Waals surface area contributed by atoms with Gasteiger partial charge in [0, 0.05) is 16.8 Å². The van der Waals surface area contributed by atoms with E-state index in [1.165, 1.54) is 41.6 Å². The van der Waals surface area contributed by atoms with Gasteiger partial charge in [-0.2, -0.15) is 5.10 Å². The van der Waals surface area contributed by atoms with Gasteiger partial charge in [-0.05, 0) is 72.4 Å². The van der Waals surface area contributed by atoms with E-state index in [1.807, 2.05) is 0 Å². The van der Waals surface area contributed by atoms with Crippen LogP contribution in [0.4, 0.5) is 10.1 Å². The Kier molecular flexibility index (Phi) is 8.55. The molecule has 2 N–H and O–H groups in total. The number of nitrogens with zero attached hydrogens (tertiary/aromatic N) is 3. The largest absolute Gasteiger partial charge is 0.507 e. The molecule has 1 aliphatic heterocycles. The van der Waals surface area contributed by atoms with Crippen LogP contribution in [0.25, 0.3) is 6.08 Å². The van der Waals surface area contributed by atoms with Gasteiger partial charge in [-0.15, -0.1) is 5.10 Å². The van der Waals surface area contributed by atoms with E-state index in [2.05, 4.69) is 15.5 Å². The molecule has 0 unspecified atom stereocenters. The number of furan rings is 1. The molecule has 4 aromatic rings. The molecule has 9 nitrogen and oxygen atoms in total. The third-order valence-corrected chi connectivity index (χ3v) is 6.75. The van der Waals surface area contributed by atoms with Crippen LogP contribution >= 0.6 is 11.8 Å². The first kappa shape index (κ1) is 27.4. The van der Waals surface area contributed by atoms with Gasteiger partial charge in [-0.1, -0.05) is 30.3 Å². The molecule has 1 aliphatic rings. The highest BCUT2D eigenvalue weighted by atomic mass is 32.2. The van der Waals surface area contributed by atoms with Gasteiger partial charge < -0.3 is 19.6 Å². The van der Waals surface area contributed by atoms with Gasteiger partial charge in [-0.25, -0.2) is 4.39 Å². The van der Waals surface area contributed by atoms with Crippen molar-refractivity contribution in [1.29, 1.82) is 0 Å². The lowest BCUT2D eigenvalue weighted by atomic mass is 10.2. The predicted molar refractivity (Wildman–Crippen MR) is 155 cm³/mol. The number of halogens is 1. The Morgan fingerprint density at radius 1 is 1.02 bits per heavy atom. The fourth-order valence-corrected chi connectivity index (χ4v) is 4.69. The molecule has 1 aromatic heterocycles. The van der Waals surface area contributed by atoms with Crippen LogP contribution in [-0.2, 0) is 16.1 Å². The minimum Gasteiger partial charge on any atom is -0.507 e. The van der Waals surface area contributed by atoms with Crippen molar-refractivity contribution in [3.63, 3.8) is 0 Å². The van der Waals surface area contributed by atoms with E-state index in [9.17, 15) is 19.1 Å². The molecule has 206 valence electrons. The number of thioether (sulfide) groups is 1. The van der Waals surface area contributed by atoms with Crippen LogP contribution in [0.3, 0.4) is 0 Å². The molecule has 5 rings (SSSR count). The van der Waals surface area contributed by atoms with Crippen LogP contribution in [0.5, 0.6) is 11.5 Å². The van der Waals surface area contributed by atoms with Gasteiger partial charge in [0.1, 0.15) is 23.1 Å². The predicted octanol–water partition coefficient (Wildman–Crippen LogP) is 5.65. The maximum atomic E-state index is 13.4. The summed E-state index contributed by atoms with van der Waals surface area (Å²) in [5, 5.41) is 21.3. The first-order valence-electron chi connectivity index (χ1n) is 12.4. The molecule has 11 heteroatoms. The van der Waals surface area contributed by atoms with Crippen molar-refractivity contribution < 1.29 is 28.2 Å². The second-order valence-electron chi connectivity index (χ2n) is 8.65. The summed E-state index contributed by atoms with van der Waals surface area (Å²) in [6.45, 7) is -0.153. The fraction of sp³-hybridized carbons (Fsp3) is 0.0667. The van der Waals surface area contributed by atoms with Crippen molar-refractivity contribution in [2.24, 2.45) is 10.2 Å². The lowest BCUT2D eigenvalue weighted by molar-refractivity contribution is -0.122. The Labute approximate surface area is 238 Å². The van der Waals surface area contributed by atoms with Gasteiger partial charge in [0.25, 0.3) is 11.8 Å². The number of hydrogen-bond acceptors (Lipinski definition) is 8. The van der Waals surface area contributed by atoms with E-state index in [4.69, 9.17) is 9.15 Å². The first-order valence-corrected chi connectivity index (χ1v) is 13.2. The number of ether oxygens (including phenoxy) is 1. The van der Waals surface area contributed by atoms with E-state index in [-0.39, 0.29) is 24.8 Å². The van der Waals surface area contributed by atoms with E-state index in [0.29, 0.717) is 38.4 Å². The molecule has 0 bridgehead atoms. The number of carbonyl (C=O) groups excluding carboxylic acids is 2. The number of hydrogen-bond donors (Lipinski definition) is 2. The number of phenolic OH excluding ortho intramolecular Hbond substituents is 1. The maximum absolute atomic E-state index is 13.4. The van der Waals surface area contributed by atoms with Crippen molar-refractivity contribution in [2.45, 2.75) is 6.54 Å². The van der Waals surface area contributed by atoms with Gasteiger partial charge in [0.2, 0.25) is 0 Å². The second kappa shape index (κ2) is 12.8. The second-order valence-corrected chi connectivity index (χ2v) is 9.66. The topological polar surface area (TPSA) is 117 Å². The van der Waals surface area contributed by atoms with Crippen molar-refractivity contribution >= 4 is 46.7 Å². The summed E-state index contributed by atoms with van der Waals surface area (Å²) in [5.74, 6) is -0.128. The lowest BCUT2D eigenvalue weighted by Gasteiger charge is -2.12. The zero-order valence-corrected chi connectivity index (χ0v) is 22.3. The highest BCUT2D eigenvalue weighted by Gasteiger charge is 2.34. The van der Waals surface area contributed by atoms with Crippen LogP contribution < -0.4 is 10.1 Å². The summed E-state index contributed by atoms with van der Waals surface area (Å²) in [6.07, 6.45) is 4.58. The Bertz CT molecular complexity index is 1630. The summed E-state index contributed by atoms with van der Waals surface area (Å²) < 4.78 is 24.3. The number of anilines is 1. The monoisotopic (exact) mass is 570 g/mol. The smallest absolute Gasteiger partial charge is 0.267 e. The third-order valence-electron chi connectivity index (χ3n) is 5.75. The maximum Gasteiger partial charge on any atom is 0.267 e. The van der Waals surface area contributed by atoms with Gasteiger partial charge in [0.15, 0.2) is 11.8 Å². The van der Waals surface area contributed by atoms with Crippen LogP contribution in [0, 0.1) is 5.82 Å². The summed E-state index contributed by atoms with van der Waals surface area (Å²) >= 11 is 1.12. The fourth-order valence-electron chi connectivity index (χ4n) is 3.76. The zero-order chi connectivity index (χ0) is 28.6. The van der Waals surface area contributed by atoms with E-state index >= 15 is 0 Å². The standard InChI is InChI=1S/C30H23FN4O5S/c31-22-11-13-23(14-12-22)33-28(37)19-40-26-10-4-2-6-20(26)16-27-29(38)35(18-24-8-5-15-39-24)30(41-27)34-32-17-21-7-1-3-9-25(21)36/h1-17,36H,18-19H2,(H,33,37)/b27-16-,32-17+,34-30-. The molecule has 0 saturated carbocycles. The quantitative estimate of drug-likeness (QED) is 0.153. The SMILES string of the molecule is O=C(COc1ccccc1/C=C1\S/C(=N\N=C\c2ccccc2O)N(Cc2ccco2)C1=O)Nc1ccc(F)cc1. The van der Waals surface area contributed by atoms with Crippen LogP contribution in [0.1, 0.15) is 16.9 Å². The zero-order valence-electron chi connectivity index (χ0n) is 21.4. The third kappa shape index (κ3) is 7.08. The first-order chi connectivity index (χ1) is 20.0. The molecule has 2 heterocycles. The molecular formula is C30H23FN4O5S. The molecule has 0 spiro atoms. The number of carbonyl (C=O) groups is 2. The van der Waals surface area contributed by atoms with Gasteiger partial charge in [0.05, 0.1) is 23.9 Å². The number of benzene rings is 3. The molecule has 1 fully saturated rings. The van der Waals surface area contributed by atoms with E-state index in [0.717, 1.165) is 11.8 Å². The molecule has 0 aliphatic carbocycles.